The molecule has 158 valence electrons. The SMILES string of the molecule is O=C(Nc1ccc(-c2nc3ccc(O)cc3s2)cc1)c1ccc(OCC(F)(F)F)cc1. The summed E-state index contributed by atoms with van der Waals surface area (Å²) in [5.41, 5.74) is 2.50. The van der Waals surface area contributed by atoms with Crippen LogP contribution in [0.5, 0.6) is 11.5 Å². The van der Waals surface area contributed by atoms with Crippen LogP contribution in [0.1, 0.15) is 10.4 Å². The number of nitrogens with zero attached hydrogens (tertiary/aromatic N) is 1. The monoisotopic (exact) mass is 444 g/mol. The van der Waals surface area contributed by atoms with Gasteiger partial charge < -0.3 is 15.2 Å². The van der Waals surface area contributed by atoms with Crippen molar-refractivity contribution in [2.75, 3.05) is 11.9 Å². The van der Waals surface area contributed by atoms with E-state index < -0.39 is 18.7 Å². The highest BCUT2D eigenvalue weighted by atomic mass is 32.1. The number of thiazole rings is 1. The molecule has 0 spiro atoms. The van der Waals surface area contributed by atoms with E-state index >= 15 is 0 Å². The van der Waals surface area contributed by atoms with Gasteiger partial charge in [-0.1, -0.05) is 0 Å². The van der Waals surface area contributed by atoms with Crippen LogP contribution in [0.25, 0.3) is 20.8 Å². The lowest BCUT2D eigenvalue weighted by molar-refractivity contribution is -0.153. The molecule has 31 heavy (non-hydrogen) atoms. The molecule has 5 nitrogen and oxygen atoms in total. The molecule has 3 aromatic carbocycles. The van der Waals surface area contributed by atoms with Gasteiger partial charge in [-0.25, -0.2) is 4.98 Å². The van der Waals surface area contributed by atoms with Crippen LogP contribution in [-0.4, -0.2) is 28.8 Å². The Kier molecular flexibility index (Phi) is 5.51. The molecule has 4 rings (SSSR count). The van der Waals surface area contributed by atoms with Crippen molar-refractivity contribution >= 4 is 33.1 Å². The first-order valence-electron chi connectivity index (χ1n) is 9.08. The smallest absolute Gasteiger partial charge is 0.422 e. The highest BCUT2D eigenvalue weighted by Crippen LogP contribution is 2.32. The summed E-state index contributed by atoms with van der Waals surface area (Å²) >= 11 is 1.45. The molecule has 0 unspecified atom stereocenters. The number of halogens is 3. The van der Waals surface area contributed by atoms with Gasteiger partial charge in [0, 0.05) is 16.8 Å². The van der Waals surface area contributed by atoms with Crippen molar-refractivity contribution in [3.63, 3.8) is 0 Å². The maximum Gasteiger partial charge on any atom is 0.422 e. The van der Waals surface area contributed by atoms with Crippen molar-refractivity contribution in [3.05, 3.63) is 72.3 Å². The van der Waals surface area contributed by atoms with E-state index in [4.69, 9.17) is 0 Å². The number of amides is 1. The van der Waals surface area contributed by atoms with E-state index in [0.717, 1.165) is 20.8 Å². The number of carbonyl (C=O) groups is 1. The first-order valence-corrected chi connectivity index (χ1v) is 9.89. The van der Waals surface area contributed by atoms with Gasteiger partial charge in [-0.05, 0) is 66.7 Å². The Morgan fingerprint density at radius 3 is 2.42 bits per heavy atom. The lowest BCUT2D eigenvalue weighted by Gasteiger charge is -2.10. The molecule has 0 saturated carbocycles. The number of nitrogens with one attached hydrogen (secondary N) is 1. The van der Waals surface area contributed by atoms with E-state index in [1.165, 1.54) is 35.6 Å². The van der Waals surface area contributed by atoms with Gasteiger partial charge in [0.2, 0.25) is 0 Å². The van der Waals surface area contributed by atoms with E-state index in [9.17, 15) is 23.1 Å². The van der Waals surface area contributed by atoms with Gasteiger partial charge >= 0.3 is 6.18 Å². The van der Waals surface area contributed by atoms with Crippen LogP contribution >= 0.6 is 11.3 Å². The molecular formula is C22H15F3N2O3S. The summed E-state index contributed by atoms with van der Waals surface area (Å²) in [7, 11) is 0. The zero-order valence-electron chi connectivity index (χ0n) is 15.8. The zero-order chi connectivity index (χ0) is 22.0. The van der Waals surface area contributed by atoms with Crippen molar-refractivity contribution < 1.29 is 27.8 Å². The Bertz CT molecular complexity index is 1220. The fourth-order valence-electron chi connectivity index (χ4n) is 2.80. The summed E-state index contributed by atoms with van der Waals surface area (Å²) in [6.07, 6.45) is -4.42. The first-order chi connectivity index (χ1) is 14.8. The van der Waals surface area contributed by atoms with Crippen LogP contribution in [0.3, 0.4) is 0 Å². The maximum atomic E-state index is 12.4. The molecule has 0 bridgehead atoms. The number of rotatable bonds is 5. The minimum absolute atomic E-state index is 0.0300. The van der Waals surface area contributed by atoms with Crippen LogP contribution in [0.2, 0.25) is 0 Å². The molecule has 0 atom stereocenters. The molecule has 1 amide bonds. The molecule has 0 aliphatic rings. The lowest BCUT2D eigenvalue weighted by Crippen LogP contribution is -2.19. The summed E-state index contributed by atoms with van der Waals surface area (Å²) in [6.45, 7) is -1.39. The Morgan fingerprint density at radius 2 is 1.74 bits per heavy atom. The van der Waals surface area contributed by atoms with Crippen LogP contribution in [0.15, 0.2) is 66.7 Å². The van der Waals surface area contributed by atoms with E-state index in [2.05, 4.69) is 15.0 Å². The summed E-state index contributed by atoms with van der Waals surface area (Å²) in [5.74, 6) is -0.186. The second-order valence-electron chi connectivity index (χ2n) is 6.63. The van der Waals surface area contributed by atoms with Crippen LogP contribution in [0, 0.1) is 0 Å². The fraction of sp³-hybridized carbons (Fsp3) is 0.0909. The van der Waals surface area contributed by atoms with E-state index in [0.29, 0.717) is 5.69 Å². The Hall–Kier alpha value is -3.59. The molecule has 1 heterocycles. The number of aromatic hydroxyl groups is 1. The highest BCUT2D eigenvalue weighted by molar-refractivity contribution is 7.21. The predicted octanol–water partition coefficient (Wildman–Crippen LogP) is 5.86. The summed E-state index contributed by atoms with van der Waals surface area (Å²) in [5, 5.41) is 13.1. The zero-order valence-corrected chi connectivity index (χ0v) is 16.6. The third kappa shape index (κ3) is 5.13. The van der Waals surface area contributed by atoms with Crippen molar-refractivity contribution in [2.45, 2.75) is 6.18 Å². The average Bonchev–Trinajstić information content (AvgIpc) is 3.16. The molecule has 1 aromatic heterocycles. The second kappa shape index (κ2) is 8.27. The Morgan fingerprint density at radius 1 is 1.03 bits per heavy atom. The lowest BCUT2D eigenvalue weighted by atomic mass is 10.2. The number of phenolic OH excluding ortho intramolecular Hbond substituents is 1. The molecule has 2 N–H and O–H groups in total. The van der Waals surface area contributed by atoms with Crippen molar-refractivity contribution in [1.29, 1.82) is 0 Å². The van der Waals surface area contributed by atoms with Gasteiger partial charge in [0.05, 0.1) is 10.2 Å². The highest BCUT2D eigenvalue weighted by Gasteiger charge is 2.28. The Balaban J connectivity index is 1.41. The number of fused-ring (bicyclic) bond motifs is 1. The van der Waals surface area contributed by atoms with Crippen molar-refractivity contribution in [1.82, 2.24) is 4.98 Å². The molecule has 0 aliphatic heterocycles. The standard InChI is InChI=1S/C22H15F3N2O3S/c23-22(24,25)12-30-17-8-3-13(4-9-17)20(29)26-15-5-1-14(2-6-15)21-27-18-10-7-16(28)11-19(18)31-21/h1-11,28H,12H2,(H,26,29). The summed E-state index contributed by atoms with van der Waals surface area (Å²) in [4.78, 5) is 16.9. The summed E-state index contributed by atoms with van der Waals surface area (Å²) < 4.78 is 42.1. The number of benzene rings is 3. The molecule has 0 fully saturated rings. The normalized spacial score (nSPS) is 11.5. The first kappa shape index (κ1) is 20.7. The number of anilines is 1. The average molecular weight is 444 g/mol. The minimum Gasteiger partial charge on any atom is -0.508 e. The minimum atomic E-state index is -4.42. The van der Waals surface area contributed by atoms with Crippen molar-refractivity contribution in [3.8, 4) is 22.1 Å². The number of aromatic nitrogens is 1. The van der Waals surface area contributed by atoms with E-state index in [1.54, 1.807) is 30.3 Å². The van der Waals surface area contributed by atoms with Crippen molar-refractivity contribution in [2.24, 2.45) is 0 Å². The Labute approximate surface area is 178 Å². The third-order valence-corrected chi connectivity index (χ3v) is 5.35. The third-order valence-electron chi connectivity index (χ3n) is 4.28. The van der Waals surface area contributed by atoms with Gasteiger partial charge in [-0.15, -0.1) is 11.3 Å². The number of hydrogen-bond donors (Lipinski definition) is 2. The van der Waals surface area contributed by atoms with Gasteiger partial charge in [0.15, 0.2) is 6.61 Å². The van der Waals surface area contributed by atoms with Gasteiger partial charge in [-0.2, -0.15) is 13.2 Å². The van der Waals surface area contributed by atoms with Crippen LogP contribution in [-0.2, 0) is 0 Å². The maximum absolute atomic E-state index is 12.4. The molecule has 0 radical (unpaired) electrons. The molecular weight excluding hydrogens is 429 g/mol. The van der Waals surface area contributed by atoms with Gasteiger partial charge in [0.25, 0.3) is 5.91 Å². The van der Waals surface area contributed by atoms with E-state index in [-0.39, 0.29) is 17.1 Å². The quantitative estimate of drug-likeness (QED) is 0.404. The number of ether oxygens (including phenoxy) is 1. The number of phenols is 1. The van der Waals surface area contributed by atoms with Gasteiger partial charge in [-0.3, -0.25) is 4.79 Å². The molecule has 0 aliphatic carbocycles. The second-order valence-corrected chi connectivity index (χ2v) is 7.66. The largest absolute Gasteiger partial charge is 0.508 e. The summed E-state index contributed by atoms with van der Waals surface area (Å²) in [6, 6.07) is 17.5. The van der Waals surface area contributed by atoms with Gasteiger partial charge in [0.1, 0.15) is 16.5 Å². The number of carbonyl (C=O) groups excluding carboxylic acids is 1. The molecule has 9 heteroatoms. The molecule has 0 saturated heterocycles. The number of hydrogen-bond acceptors (Lipinski definition) is 5. The van der Waals surface area contributed by atoms with E-state index in [1.807, 2.05) is 12.1 Å². The topological polar surface area (TPSA) is 71.5 Å². The predicted molar refractivity (Wildman–Crippen MR) is 113 cm³/mol. The molecule has 4 aromatic rings. The number of alkyl halides is 3. The van der Waals surface area contributed by atoms with Crippen LogP contribution < -0.4 is 10.1 Å². The fourth-order valence-corrected chi connectivity index (χ4v) is 3.81. The van der Waals surface area contributed by atoms with Crippen LogP contribution in [0.4, 0.5) is 18.9 Å².